The minimum Gasteiger partial charge on any atom is -0.353 e. The largest absolute Gasteiger partial charge is 0.353 e. The summed E-state index contributed by atoms with van der Waals surface area (Å²) in [4.78, 5) is 0. The lowest BCUT2D eigenvalue weighted by molar-refractivity contribution is -0.148. The number of rotatable bonds is 27. The molecule has 0 heterocycles. The van der Waals surface area contributed by atoms with E-state index in [1.807, 2.05) is 0 Å². The fourth-order valence-electron chi connectivity index (χ4n) is 4.15. The monoisotopic (exact) mass is 498 g/mol. The first-order chi connectivity index (χ1) is 16.8. The third kappa shape index (κ3) is 28.0. The van der Waals surface area contributed by atoms with E-state index in [0.29, 0.717) is 5.88 Å². The van der Waals surface area contributed by atoms with E-state index >= 15 is 0 Å². The van der Waals surface area contributed by atoms with Crippen molar-refractivity contribution in [1.82, 2.24) is 0 Å². The Balaban J connectivity index is 3.92. The van der Waals surface area contributed by atoms with Crippen molar-refractivity contribution in [2.45, 2.75) is 168 Å². The van der Waals surface area contributed by atoms with Crippen LogP contribution in [0.5, 0.6) is 0 Å². The van der Waals surface area contributed by atoms with Gasteiger partial charge in [-0.3, -0.25) is 0 Å². The van der Waals surface area contributed by atoms with Crippen LogP contribution in [0.3, 0.4) is 0 Å². The predicted octanol–water partition coefficient (Wildman–Crippen LogP) is 10.6. The van der Waals surface area contributed by atoms with Crippen LogP contribution in [0.25, 0.3) is 0 Å². The predicted molar refractivity (Wildman–Crippen MR) is 152 cm³/mol. The highest BCUT2D eigenvalue weighted by molar-refractivity contribution is 6.17. The van der Waals surface area contributed by atoms with Crippen LogP contribution in [-0.4, -0.2) is 25.4 Å². The molecule has 0 unspecified atom stereocenters. The van der Waals surface area contributed by atoms with Crippen molar-refractivity contribution in [1.29, 1.82) is 0 Å². The van der Waals surface area contributed by atoms with Gasteiger partial charge in [0.2, 0.25) is 0 Å². The maximum absolute atomic E-state index is 6.17. The van der Waals surface area contributed by atoms with Crippen LogP contribution in [0.15, 0.2) is 0 Å². The van der Waals surface area contributed by atoms with Gasteiger partial charge in [-0.25, -0.2) is 0 Å². The summed E-state index contributed by atoms with van der Waals surface area (Å²) >= 11 is 5.69. The zero-order chi connectivity index (χ0) is 24.8. The van der Waals surface area contributed by atoms with Crippen molar-refractivity contribution >= 4 is 11.6 Å². The van der Waals surface area contributed by atoms with Crippen LogP contribution in [-0.2, 0) is 9.47 Å². The zero-order valence-corrected chi connectivity index (χ0v) is 23.9. The van der Waals surface area contributed by atoms with Gasteiger partial charge in [-0.05, 0) is 38.5 Å². The smallest absolute Gasteiger partial charge is 0.157 e. The van der Waals surface area contributed by atoms with E-state index in [0.717, 1.165) is 38.9 Å². The molecule has 0 rings (SSSR count). The summed E-state index contributed by atoms with van der Waals surface area (Å²) in [5.41, 5.74) is 0. The van der Waals surface area contributed by atoms with E-state index in [1.54, 1.807) is 0 Å². The Morgan fingerprint density at radius 1 is 0.500 bits per heavy atom. The van der Waals surface area contributed by atoms with E-state index in [2.05, 4.69) is 25.7 Å². The van der Waals surface area contributed by atoms with E-state index < -0.39 is 0 Å². The lowest BCUT2D eigenvalue weighted by atomic mass is 10.1. The molecule has 0 aromatic rings. The SMILES string of the molecule is CCCCCCCCCCOC(CCCCCC#CCCCCl)OCCCCCCCCCC. The lowest BCUT2D eigenvalue weighted by Crippen LogP contribution is -2.19. The molecular formula is C31H59ClO2. The molecule has 0 bridgehead atoms. The van der Waals surface area contributed by atoms with Gasteiger partial charge in [0.15, 0.2) is 6.29 Å². The van der Waals surface area contributed by atoms with Crippen LogP contribution in [0.2, 0.25) is 0 Å². The Hall–Kier alpha value is -0.230. The summed E-state index contributed by atoms with van der Waals surface area (Å²) in [7, 11) is 0. The summed E-state index contributed by atoms with van der Waals surface area (Å²) in [6.45, 7) is 6.26. The van der Waals surface area contributed by atoms with Crippen LogP contribution in [0.4, 0.5) is 0 Å². The Kier molecular flexibility index (Phi) is 30.6. The molecule has 0 aromatic carbocycles. The van der Waals surface area contributed by atoms with E-state index in [9.17, 15) is 0 Å². The van der Waals surface area contributed by atoms with Gasteiger partial charge in [0.25, 0.3) is 0 Å². The number of ether oxygens (including phenoxy) is 2. The molecule has 0 saturated heterocycles. The summed E-state index contributed by atoms with van der Waals surface area (Å²) in [5, 5.41) is 0. The maximum Gasteiger partial charge on any atom is 0.157 e. The zero-order valence-electron chi connectivity index (χ0n) is 23.2. The molecule has 0 aliphatic carbocycles. The topological polar surface area (TPSA) is 18.5 Å². The fourth-order valence-corrected chi connectivity index (χ4v) is 4.28. The molecule has 202 valence electrons. The Morgan fingerprint density at radius 2 is 0.912 bits per heavy atom. The number of hydrogen-bond donors (Lipinski definition) is 0. The average molecular weight is 499 g/mol. The Morgan fingerprint density at radius 3 is 1.38 bits per heavy atom. The first-order valence-corrected chi connectivity index (χ1v) is 15.6. The molecule has 0 spiro atoms. The lowest BCUT2D eigenvalue weighted by Gasteiger charge is -2.19. The van der Waals surface area contributed by atoms with E-state index in [4.69, 9.17) is 21.1 Å². The van der Waals surface area contributed by atoms with Gasteiger partial charge in [0.05, 0.1) is 0 Å². The van der Waals surface area contributed by atoms with Gasteiger partial charge in [0, 0.05) is 31.9 Å². The first-order valence-electron chi connectivity index (χ1n) is 15.1. The normalized spacial score (nSPS) is 11.2. The molecule has 0 amide bonds. The summed E-state index contributed by atoms with van der Waals surface area (Å²) < 4.78 is 12.3. The molecule has 0 saturated carbocycles. The summed E-state index contributed by atoms with van der Waals surface area (Å²) in [6.07, 6.45) is 28.9. The minimum absolute atomic E-state index is 0.0103. The molecule has 0 aliphatic rings. The molecule has 34 heavy (non-hydrogen) atoms. The number of halogens is 1. The minimum atomic E-state index is -0.0103. The van der Waals surface area contributed by atoms with E-state index in [1.165, 1.54) is 122 Å². The van der Waals surface area contributed by atoms with Crippen molar-refractivity contribution in [3.8, 4) is 11.8 Å². The summed E-state index contributed by atoms with van der Waals surface area (Å²) in [6, 6.07) is 0. The second-order valence-corrected chi connectivity index (χ2v) is 10.2. The van der Waals surface area contributed by atoms with Gasteiger partial charge in [-0.15, -0.1) is 23.4 Å². The molecule has 0 N–H and O–H groups in total. The highest BCUT2D eigenvalue weighted by Crippen LogP contribution is 2.14. The van der Waals surface area contributed by atoms with Crippen molar-refractivity contribution in [2.24, 2.45) is 0 Å². The third-order valence-electron chi connectivity index (χ3n) is 6.41. The van der Waals surface area contributed by atoms with Crippen molar-refractivity contribution in [3.05, 3.63) is 0 Å². The highest BCUT2D eigenvalue weighted by atomic mass is 35.5. The van der Waals surface area contributed by atoms with Crippen LogP contribution >= 0.6 is 11.6 Å². The van der Waals surface area contributed by atoms with Gasteiger partial charge in [0.1, 0.15) is 0 Å². The highest BCUT2D eigenvalue weighted by Gasteiger charge is 2.09. The molecule has 2 nitrogen and oxygen atoms in total. The van der Waals surface area contributed by atoms with Gasteiger partial charge in [-0.1, -0.05) is 110 Å². The molecule has 0 aromatic heterocycles. The standard InChI is InChI=1S/C31H59ClO2/c1-3-5-7-9-11-17-21-25-29-33-31(27-23-19-15-13-14-16-20-24-28-32)34-30-26-22-18-12-10-8-6-4-2/h31H,3-13,15,17-30H2,1-2H3. The fraction of sp³-hybridized carbons (Fsp3) is 0.935. The van der Waals surface area contributed by atoms with Crippen molar-refractivity contribution in [2.75, 3.05) is 19.1 Å². The van der Waals surface area contributed by atoms with Crippen molar-refractivity contribution in [3.63, 3.8) is 0 Å². The second kappa shape index (κ2) is 30.8. The molecule has 0 aliphatic heterocycles. The molecular weight excluding hydrogens is 440 g/mol. The van der Waals surface area contributed by atoms with Crippen LogP contribution in [0, 0.1) is 11.8 Å². The molecule has 0 radical (unpaired) electrons. The average Bonchev–Trinajstić information content (AvgIpc) is 2.85. The number of unbranched alkanes of at least 4 members (excludes halogenated alkanes) is 18. The van der Waals surface area contributed by atoms with Crippen LogP contribution in [0.1, 0.15) is 162 Å². The van der Waals surface area contributed by atoms with E-state index in [-0.39, 0.29) is 6.29 Å². The Labute approximate surface area is 219 Å². The molecule has 0 atom stereocenters. The Bertz CT molecular complexity index is 407. The maximum atomic E-state index is 6.17. The number of hydrogen-bond acceptors (Lipinski definition) is 2. The first kappa shape index (κ1) is 33.8. The van der Waals surface area contributed by atoms with Gasteiger partial charge < -0.3 is 9.47 Å². The van der Waals surface area contributed by atoms with Gasteiger partial charge in [-0.2, -0.15) is 0 Å². The number of alkyl halides is 1. The molecule has 0 fully saturated rings. The molecule has 3 heteroatoms. The van der Waals surface area contributed by atoms with Gasteiger partial charge >= 0.3 is 0 Å². The second-order valence-electron chi connectivity index (χ2n) is 9.87. The van der Waals surface area contributed by atoms with Crippen molar-refractivity contribution < 1.29 is 9.47 Å². The quantitative estimate of drug-likeness (QED) is 0.0485. The third-order valence-corrected chi connectivity index (χ3v) is 6.67. The summed E-state index contributed by atoms with van der Waals surface area (Å²) in [5.74, 6) is 7.21. The van der Waals surface area contributed by atoms with Crippen LogP contribution < -0.4 is 0 Å².